The molecule has 8 heteroatoms. The molecule has 3 amide bonds. The predicted octanol–water partition coefficient (Wildman–Crippen LogP) is 4.33. The number of aryl methyl sites for hydroxylation is 2. The zero-order chi connectivity index (χ0) is 25.9. The van der Waals surface area contributed by atoms with E-state index >= 15 is 0 Å². The molecule has 0 saturated heterocycles. The minimum absolute atomic E-state index is 0.342. The van der Waals surface area contributed by atoms with Crippen molar-refractivity contribution in [3.05, 3.63) is 34.9 Å². The monoisotopic (exact) mass is 489 g/mol. The summed E-state index contributed by atoms with van der Waals surface area (Å²) in [7, 11) is 0. The van der Waals surface area contributed by atoms with Crippen LogP contribution in [0, 0.1) is 26.3 Å². The Kier molecular flexibility index (Phi) is 12.0. The summed E-state index contributed by atoms with van der Waals surface area (Å²) < 4.78 is 5.34. The van der Waals surface area contributed by atoms with Crippen molar-refractivity contribution < 1.29 is 19.1 Å². The van der Waals surface area contributed by atoms with Crippen LogP contribution in [0.5, 0.6) is 0 Å². The molecule has 0 aliphatic heterocycles. The Labute approximate surface area is 208 Å². The van der Waals surface area contributed by atoms with Gasteiger partial charge < -0.3 is 15.4 Å². The average Bonchev–Trinajstić information content (AvgIpc) is 2.72. The van der Waals surface area contributed by atoms with E-state index in [1.165, 1.54) is 0 Å². The third-order valence-electron chi connectivity index (χ3n) is 4.87. The van der Waals surface area contributed by atoms with E-state index < -0.39 is 29.7 Å². The molecule has 2 atom stereocenters. The highest BCUT2D eigenvalue weighted by Gasteiger charge is 2.35. The molecule has 0 aromatic heterocycles. The molecule has 188 valence electrons. The van der Waals surface area contributed by atoms with E-state index in [4.69, 9.17) is 11.2 Å². The van der Waals surface area contributed by atoms with Crippen molar-refractivity contribution in [2.75, 3.05) is 18.6 Å². The average molecular weight is 490 g/mol. The van der Waals surface area contributed by atoms with Crippen LogP contribution in [0.25, 0.3) is 0 Å². The Hall–Kier alpha value is -2.66. The summed E-state index contributed by atoms with van der Waals surface area (Å²) in [5.41, 5.74) is 1.82. The van der Waals surface area contributed by atoms with Gasteiger partial charge in [-0.1, -0.05) is 49.1 Å². The summed E-state index contributed by atoms with van der Waals surface area (Å²) in [6, 6.07) is 6.15. The van der Waals surface area contributed by atoms with Gasteiger partial charge in [-0.3, -0.25) is 14.5 Å². The molecule has 0 spiro atoms. The van der Waals surface area contributed by atoms with Crippen LogP contribution < -0.4 is 10.6 Å². The van der Waals surface area contributed by atoms with Crippen LogP contribution in [0.2, 0.25) is 0 Å². The first-order valence-electron chi connectivity index (χ1n) is 11.6. The van der Waals surface area contributed by atoms with Gasteiger partial charge in [0.2, 0.25) is 5.91 Å². The molecule has 2 N–H and O–H groups in total. The molecule has 0 saturated carbocycles. The molecule has 0 fully saturated rings. The smallest absolute Gasteiger partial charge is 0.408 e. The number of benzene rings is 1. The standard InChI is InChI=1S/C26H39N3O4S/c1-9-11-13-27-23(30)22(20-16-18(3)15-19(4)17-20)29(10-2)24(31)21(12-14-34-8)28-25(32)33-26(5,6)7/h2,15-17,21-22H,9,11-14H2,1,3-8H3,(H,27,30)(H,28,32). The van der Waals surface area contributed by atoms with E-state index in [-0.39, 0.29) is 5.91 Å². The molecule has 1 aromatic carbocycles. The highest BCUT2D eigenvalue weighted by Crippen LogP contribution is 2.25. The third-order valence-corrected chi connectivity index (χ3v) is 5.52. The van der Waals surface area contributed by atoms with Crippen molar-refractivity contribution in [3.8, 4) is 12.5 Å². The van der Waals surface area contributed by atoms with Gasteiger partial charge in [-0.05, 0) is 65.0 Å². The van der Waals surface area contributed by atoms with E-state index in [0.29, 0.717) is 24.3 Å². The van der Waals surface area contributed by atoms with E-state index in [9.17, 15) is 14.4 Å². The number of ether oxygens (including phenoxy) is 1. The zero-order valence-electron chi connectivity index (χ0n) is 21.5. The number of carbonyl (C=O) groups is 3. The molecule has 1 rings (SSSR count). The lowest BCUT2D eigenvalue weighted by molar-refractivity contribution is -0.138. The van der Waals surface area contributed by atoms with Crippen molar-refractivity contribution >= 4 is 29.7 Å². The SMILES string of the molecule is C#CN(C(=O)C(CCSC)NC(=O)OC(C)(C)C)C(C(=O)NCCCC)c1cc(C)cc(C)c1. The number of carbonyl (C=O) groups excluding carboxylic acids is 3. The lowest BCUT2D eigenvalue weighted by atomic mass is 9.98. The summed E-state index contributed by atoms with van der Waals surface area (Å²) in [5.74, 6) is -0.274. The maximum absolute atomic E-state index is 13.6. The maximum atomic E-state index is 13.6. The minimum Gasteiger partial charge on any atom is -0.444 e. The summed E-state index contributed by atoms with van der Waals surface area (Å²) in [6.45, 7) is 11.6. The molecule has 0 aliphatic carbocycles. The van der Waals surface area contributed by atoms with Crippen LogP contribution in [-0.2, 0) is 14.3 Å². The number of nitrogens with zero attached hydrogens (tertiary/aromatic N) is 1. The zero-order valence-corrected chi connectivity index (χ0v) is 22.3. The Morgan fingerprint density at radius 2 is 1.79 bits per heavy atom. The van der Waals surface area contributed by atoms with Gasteiger partial charge in [-0.15, -0.1) is 0 Å². The molecule has 0 radical (unpaired) electrons. The summed E-state index contributed by atoms with van der Waals surface area (Å²) in [5, 5.41) is 5.55. The minimum atomic E-state index is -1.02. The third kappa shape index (κ3) is 9.68. The summed E-state index contributed by atoms with van der Waals surface area (Å²) in [6.07, 6.45) is 9.08. The Balaban J connectivity index is 3.35. The molecular formula is C26H39N3O4S. The highest BCUT2D eigenvalue weighted by molar-refractivity contribution is 7.98. The highest BCUT2D eigenvalue weighted by atomic mass is 32.2. The van der Waals surface area contributed by atoms with E-state index in [0.717, 1.165) is 28.9 Å². The Morgan fingerprint density at radius 1 is 1.18 bits per heavy atom. The molecule has 34 heavy (non-hydrogen) atoms. The second kappa shape index (κ2) is 13.9. The van der Waals surface area contributed by atoms with Crippen molar-refractivity contribution in [1.82, 2.24) is 15.5 Å². The second-order valence-electron chi connectivity index (χ2n) is 9.29. The Morgan fingerprint density at radius 3 is 2.29 bits per heavy atom. The number of nitrogens with one attached hydrogen (secondary N) is 2. The number of terminal acetylenes is 1. The van der Waals surface area contributed by atoms with Crippen LogP contribution in [0.15, 0.2) is 18.2 Å². The topological polar surface area (TPSA) is 87.7 Å². The van der Waals surface area contributed by atoms with Crippen LogP contribution in [0.3, 0.4) is 0 Å². The first kappa shape index (κ1) is 29.4. The fraction of sp³-hybridized carbons (Fsp3) is 0.577. The van der Waals surface area contributed by atoms with Crippen LogP contribution in [-0.4, -0.2) is 53.0 Å². The molecule has 0 heterocycles. The quantitative estimate of drug-likeness (QED) is 0.274. The number of rotatable bonds is 11. The van der Waals surface area contributed by atoms with Gasteiger partial charge in [-0.2, -0.15) is 11.8 Å². The number of amides is 3. The van der Waals surface area contributed by atoms with Gasteiger partial charge in [0.15, 0.2) is 0 Å². The first-order valence-corrected chi connectivity index (χ1v) is 13.0. The second-order valence-corrected chi connectivity index (χ2v) is 10.3. The normalized spacial score (nSPS) is 12.8. The van der Waals surface area contributed by atoms with Gasteiger partial charge in [0.1, 0.15) is 17.7 Å². The fourth-order valence-electron chi connectivity index (χ4n) is 3.45. The molecule has 1 aromatic rings. The first-order chi connectivity index (χ1) is 15.9. The van der Waals surface area contributed by atoms with Crippen LogP contribution >= 0.6 is 11.8 Å². The van der Waals surface area contributed by atoms with Crippen molar-refractivity contribution in [2.45, 2.75) is 78.5 Å². The van der Waals surface area contributed by atoms with Crippen molar-refractivity contribution in [2.24, 2.45) is 0 Å². The van der Waals surface area contributed by atoms with Gasteiger partial charge in [0.05, 0.1) is 0 Å². The van der Waals surface area contributed by atoms with Gasteiger partial charge >= 0.3 is 6.09 Å². The molecule has 0 aliphatic rings. The van der Waals surface area contributed by atoms with Crippen molar-refractivity contribution in [3.63, 3.8) is 0 Å². The molecule has 0 bridgehead atoms. The number of thioether (sulfide) groups is 1. The lowest BCUT2D eigenvalue weighted by Gasteiger charge is -2.30. The molecule has 7 nitrogen and oxygen atoms in total. The lowest BCUT2D eigenvalue weighted by Crippen LogP contribution is -2.51. The summed E-state index contributed by atoms with van der Waals surface area (Å²) in [4.78, 5) is 40.4. The van der Waals surface area contributed by atoms with Crippen LogP contribution in [0.1, 0.15) is 69.7 Å². The number of hydrogen-bond donors (Lipinski definition) is 2. The number of alkyl carbamates (subject to hydrolysis) is 1. The van der Waals surface area contributed by atoms with Gasteiger partial charge in [0.25, 0.3) is 5.91 Å². The largest absolute Gasteiger partial charge is 0.444 e. The fourth-order valence-corrected chi connectivity index (χ4v) is 3.92. The number of unbranched alkanes of at least 4 members (excludes halogenated alkanes) is 1. The predicted molar refractivity (Wildman–Crippen MR) is 138 cm³/mol. The van der Waals surface area contributed by atoms with Gasteiger partial charge in [-0.25, -0.2) is 4.79 Å². The summed E-state index contributed by atoms with van der Waals surface area (Å²) >= 11 is 1.54. The van der Waals surface area contributed by atoms with Crippen LogP contribution in [0.4, 0.5) is 4.79 Å². The van der Waals surface area contributed by atoms with Gasteiger partial charge in [0, 0.05) is 12.6 Å². The van der Waals surface area contributed by atoms with E-state index in [1.54, 1.807) is 32.5 Å². The maximum Gasteiger partial charge on any atom is 0.408 e. The van der Waals surface area contributed by atoms with E-state index in [2.05, 4.69) is 16.7 Å². The van der Waals surface area contributed by atoms with E-state index in [1.807, 2.05) is 45.2 Å². The molecule has 2 unspecified atom stereocenters. The van der Waals surface area contributed by atoms with Crippen molar-refractivity contribution in [1.29, 1.82) is 0 Å². The Bertz CT molecular complexity index is 869. The molecular weight excluding hydrogens is 450 g/mol. The number of hydrogen-bond acceptors (Lipinski definition) is 5.